The predicted octanol–water partition coefficient (Wildman–Crippen LogP) is 3.11. The maximum absolute atomic E-state index is 13.8. The van der Waals surface area contributed by atoms with Crippen LogP contribution in [0, 0.1) is 17.5 Å². The minimum Gasteiger partial charge on any atom is -0.503 e. The lowest BCUT2D eigenvalue weighted by Gasteiger charge is -2.26. The van der Waals surface area contributed by atoms with Crippen molar-refractivity contribution in [3.8, 4) is 11.5 Å². The molecule has 0 bridgehead atoms. The van der Waals surface area contributed by atoms with E-state index in [9.17, 15) is 23.1 Å². The lowest BCUT2D eigenvalue weighted by molar-refractivity contribution is 0.0942. The summed E-state index contributed by atoms with van der Waals surface area (Å²) in [6, 6.07) is 7.79. The third-order valence-corrected chi connectivity index (χ3v) is 3.97. The van der Waals surface area contributed by atoms with Gasteiger partial charge in [0.2, 0.25) is 5.82 Å². The Bertz CT molecular complexity index is 795. The fourth-order valence-corrected chi connectivity index (χ4v) is 2.69. The number of aromatic hydroxyl groups is 1. The zero-order chi connectivity index (χ0) is 17.3. The monoisotopic (exact) mass is 337 g/mol. The van der Waals surface area contributed by atoms with E-state index in [0.717, 1.165) is 11.3 Å². The molecule has 0 saturated carbocycles. The summed E-state index contributed by atoms with van der Waals surface area (Å²) in [6.45, 7) is 0.663. The van der Waals surface area contributed by atoms with Crippen LogP contribution in [0.5, 0.6) is 11.5 Å². The van der Waals surface area contributed by atoms with Crippen molar-refractivity contribution in [3.05, 3.63) is 58.9 Å². The number of hydrogen-bond acceptors (Lipinski definition) is 3. The van der Waals surface area contributed by atoms with Gasteiger partial charge in [0.1, 0.15) is 5.75 Å². The largest absolute Gasteiger partial charge is 0.503 e. The van der Waals surface area contributed by atoms with Crippen molar-refractivity contribution in [2.45, 2.75) is 12.3 Å². The van der Waals surface area contributed by atoms with Gasteiger partial charge >= 0.3 is 0 Å². The van der Waals surface area contributed by atoms with Gasteiger partial charge in [0.15, 0.2) is 17.4 Å². The Hall–Kier alpha value is -2.70. The fourth-order valence-electron chi connectivity index (χ4n) is 2.69. The number of benzene rings is 2. The van der Waals surface area contributed by atoms with Crippen LogP contribution in [0.1, 0.15) is 28.3 Å². The van der Waals surface area contributed by atoms with Crippen molar-refractivity contribution in [2.75, 3.05) is 13.2 Å². The summed E-state index contributed by atoms with van der Waals surface area (Å²) in [4.78, 5) is 12.1. The smallest absolute Gasteiger partial charge is 0.254 e. The van der Waals surface area contributed by atoms with Crippen molar-refractivity contribution >= 4 is 5.91 Å². The summed E-state index contributed by atoms with van der Waals surface area (Å²) in [7, 11) is 0. The maximum Gasteiger partial charge on any atom is 0.254 e. The van der Waals surface area contributed by atoms with Crippen LogP contribution in [-0.4, -0.2) is 24.2 Å². The topological polar surface area (TPSA) is 58.6 Å². The van der Waals surface area contributed by atoms with E-state index < -0.39 is 34.7 Å². The number of nitrogens with one attached hydrogen (secondary N) is 1. The summed E-state index contributed by atoms with van der Waals surface area (Å²) in [5, 5.41) is 11.7. The molecular formula is C17H14F3NO3. The van der Waals surface area contributed by atoms with Crippen LogP contribution < -0.4 is 10.1 Å². The van der Waals surface area contributed by atoms with Gasteiger partial charge in [-0.1, -0.05) is 18.2 Å². The number of phenols is 1. The summed E-state index contributed by atoms with van der Waals surface area (Å²) in [6.07, 6.45) is 0.656. The van der Waals surface area contributed by atoms with Crippen molar-refractivity contribution < 1.29 is 27.8 Å². The van der Waals surface area contributed by atoms with Gasteiger partial charge in [-0.2, -0.15) is 4.39 Å². The van der Waals surface area contributed by atoms with Gasteiger partial charge in [0.05, 0.1) is 12.2 Å². The fraction of sp³-hybridized carbons (Fsp3) is 0.235. The summed E-state index contributed by atoms with van der Waals surface area (Å²) < 4.78 is 45.6. The first kappa shape index (κ1) is 16.2. The summed E-state index contributed by atoms with van der Waals surface area (Å²) in [5.41, 5.74) is 0.171. The molecule has 1 amide bonds. The molecule has 1 aliphatic heterocycles. The van der Waals surface area contributed by atoms with E-state index >= 15 is 0 Å². The van der Waals surface area contributed by atoms with Crippen LogP contribution >= 0.6 is 0 Å². The average Bonchev–Trinajstić information content (AvgIpc) is 2.60. The number of rotatable bonds is 3. The van der Waals surface area contributed by atoms with E-state index in [2.05, 4.69) is 5.32 Å². The second-order valence-corrected chi connectivity index (χ2v) is 5.46. The molecule has 0 saturated heterocycles. The van der Waals surface area contributed by atoms with Gasteiger partial charge in [0, 0.05) is 12.5 Å². The van der Waals surface area contributed by atoms with Gasteiger partial charge in [0.25, 0.3) is 5.91 Å². The Balaban J connectivity index is 1.76. The lowest BCUT2D eigenvalue weighted by Crippen LogP contribution is -2.31. The van der Waals surface area contributed by atoms with E-state index in [0.29, 0.717) is 19.1 Å². The zero-order valence-electron chi connectivity index (χ0n) is 12.5. The number of amides is 1. The average molecular weight is 337 g/mol. The Labute approximate surface area is 135 Å². The second-order valence-electron chi connectivity index (χ2n) is 5.46. The highest BCUT2D eigenvalue weighted by molar-refractivity contribution is 5.95. The number of phenolic OH excluding ortho intramolecular Hbond substituents is 1. The van der Waals surface area contributed by atoms with Crippen LogP contribution in [0.15, 0.2) is 30.3 Å². The molecule has 126 valence electrons. The number of carbonyl (C=O) groups is 1. The van der Waals surface area contributed by atoms with E-state index in [1.807, 2.05) is 24.3 Å². The Morgan fingerprint density at radius 3 is 2.79 bits per heavy atom. The number of carbonyl (C=O) groups excluding carboxylic acids is 1. The minimum absolute atomic E-state index is 0.0409. The third kappa shape index (κ3) is 2.89. The molecule has 0 spiro atoms. The molecule has 1 aliphatic rings. The van der Waals surface area contributed by atoms with Crippen molar-refractivity contribution in [2.24, 2.45) is 0 Å². The highest BCUT2D eigenvalue weighted by atomic mass is 19.2. The first-order valence-corrected chi connectivity index (χ1v) is 7.35. The first-order chi connectivity index (χ1) is 11.5. The summed E-state index contributed by atoms with van der Waals surface area (Å²) in [5.74, 6) is -6.45. The number of para-hydroxylation sites is 1. The van der Waals surface area contributed by atoms with Crippen molar-refractivity contribution in [3.63, 3.8) is 0 Å². The molecule has 2 aromatic carbocycles. The number of ether oxygens (including phenoxy) is 1. The molecule has 1 atom stereocenters. The molecule has 1 unspecified atom stereocenters. The number of hydrogen-bond donors (Lipinski definition) is 2. The molecule has 3 rings (SSSR count). The van der Waals surface area contributed by atoms with Gasteiger partial charge in [-0.25, -0.2) is 8.78 Å². The minimum atomic E-state index is -1.72. The Morgan fingerprint density at radius 2 is 2.00 bits per heavy atom. The van der Waals surface area contributed by atoms with Gasteiger partial charge in [-0.15, -0.1) is 0 Å². The summed E-state index contributed by atoms with van der Waals surface area (Å²) >= 11 is 0. The van der Waals surface area contributed by atoms with Crippen LogP contribution in [0.3, 0.4) is 0 Å². The van der Waals surface area contributed by atoms with Crippen LogP contribution in [-0.2, 0) is 0 Å². The van der Waals surface area contributed by atoms with Crippen LogP contribution in [0.25, 0.3) is 0 Å². The van der Waals surface area contributed by atoms with Crippen molar-refractivity contribution in [1.29, 1.82) is 0 Å². The molecule has 24 heavy (non-hydrogen) atoms. The standard InChI is InChI=1S/C17H14F3NO3/c18-12-7-11(14(19)16(22)15(12)20)17(23)21-8-9-5-6-24-13-4-2-1-3-10(9)13/h1-4,7,9,22H,5-6,8H2,(H,21,23). The lowest BCUT2D eigenvalue weighted by atomic mass is 9.93. The Morgan fingerprint density at radius 1 is 1.25 bits per heavy atom. The van der Waals surface area contributed by atoms with E-state index in [-0.39, 0.29) is 12.5 Å². The molecule has 0 aromatic heterocycles. The SMILES string of the molecule is O=C(NCC1CCOc2ccccc21)c1cc(F)c(F)c(O)c1F. The first-order valence-electron chi connectivity index (χ1n) is 7.35. The van der Waals surface area contributed by atoms with Gasteiger partial charge < -0.3 is 15.2 Å². The molecule has 0 aliphatic carbocycles. The second kappa shape index (κ2) is 6.43. The van der Waals surface area contributed by atoms with E-state index in [1.165, 1.54) is 0 Å². The van der Waals surface area contributed by atoms with E-state index in [4.69, 9.17) is 4.74 Å². The number of fused-ring (bicyclic) bond motifs is 1. The molecule has 7 heteroatoms. The van der Waals surface area contributed by atoms with E-state index in [1.54, 1.807) is 0 Å². The van der Waals surface area contributed by atoms with Crippen LogP contribution in [0.4, 0.5) is 13.2 Å². The van der Waals surface area contributed by atoms with Gasteiger partial charge in [-0.05, 0) is 24.1 Å². The zero-order valence-corrected chi connectivity index (χ0v) is 12.5. The predicted molar refractivity (Wildman–Crippen MR) is 79.6 cm³/mol. The maximum atomic E-state index is 13.8. The molecule has 2 N–H and O–H groups in total. The van der Waals surface area contributed by atoms with Crippen molar-refractivity contribution in [1.82, 2.24) is 5.32 Å². The molecule has 2 aromatic rings. The molecule has 0 radical (unpaired) electrons. The molecular weight excluding hydrogens is 323 g/mol. The molecule has 0 fully saturated rings. The highest BCUT2D eigenvalue weighted by Gasteiger charge is 2.25. The van der Waals surface area contributed by atoms with Gasteiger partial charge in [-0.3, -0.25) is 4.79 Å². The normalized spacial score (nSPS) is 16.2. The third-order valence-electron chi connectivity index (χ3n) is 3.97. The molecule has 1 heterocycles. The Kier molecular flexibility index (Phi) is 4.33. The van der Waals surface area contributed by atoms with Crippen LogP contribution in [0.2, 0.25) is 0 Å². The molecule has 4 nitrogen and oxygen atoms in total. The highest BCUT2D eigenvalue weighted by Crippen LogP contribution is 2.33. The quantitative estimate of drug-likeness (QED) is 0.846. The number of halogens is 3.